The van der Waals surface area contributed by atoms with Crippen LogP contribution in [0.5, 0.6) is 0 Å². The van der Waals surface area contributed by atoms with Crippen molar-refractivity contribution in [1.82, 2.24) is 9.97 Å². The molecule has 0 aliphatic rings. The highest BCUT2D eigenvalue weighted by Crippen LogP contribution is 2.06. The molecule has 0 saturated heterocycles. The molecule has 1 N–H and O–H groups in total. The number of pyridine rings is 2. The van der Waals surface area contributed by atoms with Crippen molar-refractivity contribution >= 4 is 0 Å². The molecule has 0 radical (unpaired) electrons. The molecule has 3 heteroatoms. The van der Waals surface area contributed by atoms with E-state index in [-0.39, 0.29) is 0 Å². The fraction of sp³-hybridized carbons (Fsp3) is 0.231. The first kappa shape index (κ1) is 10.8. The van der Waals surface area contributed by atoms with Crippen LogP contribution in [0.25, 0.3) is 0 Å². The van der Waals surface area contributed by atoms with Crippen LogP contribution in [0.15, 0.2) is 48.9 Å². The number of hydrogen-bond acceptors (Lipinski definition) is 3. The third kappa shape index (κ3) is 3.14. The normalized spacial score (nSPS) is 12.3. The summed E-state index contributed by atoms with van der Waals surface area (Å²) in [7, 11) is 0. The van der Waals surface area contributed by atoms with Crippen molar-refractivity contribution in [3.63, 3.8) is 0 Å². The summed E-state index contributed by atoms with van der Waals surface area (Å²) < 4.78 is 0. The van der Waals surface area contributed by atoms with Gasteiger partial charge in [-0.25, -0.2) is 0 Å². The van der Waals surface area contributed by atoms with Gasteiger partial charge in [0.25, 0.3) is 0 Å². The van der Waals surface area contributed by atoms with Gasteiger partial charge in [0, 0.05) is 37.1 Å². The van der Waals surface area contributed by atoms with Gasteiger partial charge in [0.15, 0.2) is 0 Å². The van der Waals surface area contributed by atoms with Gasteiger partial charge in [-0.15, -0.1) is 0 Å². The lowest BCUT2D eigenvalue weighted by molar-refractivity contribution is 0.174. The van der Waals surface area contributed by atoms with Crippen LogP contribution in [0.1, 0.15) is 11.3 Å². The minimum atomic E-state index is -0.404. The molecule has 2 rings (SSSR count). The standard InChI is InChI=1S/C13H14N2O/c16-13(8-11-4-3-6-14-10-11)9-12-5-1-2-7-15-12/h1-7,10,13,16H,8-9H2. The molecule has 0 bridgehead atoms. The lowest BCUT2D eigenvalue weighted by atomic mass is 10.1. The molecule has 0 aromatic carbocycles. The van der Waals surface area contributed by atoms with Crippen molar-refractivity contribution in [3.8, 4) is 0 Å². The van der Waals surface area contributed by atoms with Gasteiger partial charge in [-0.1, -0.05) is 12.1 Å². The van der Waals surface area contributed by atoms with Gasteiger partial charge in [-0.3, -0.25) is 9.97 Å². The number of aliphatic hydroxyl groups is 1. The lowest BCUT2D eigenvalue weighted by Crippen LogP contribution is -2.14. The average molecular weight is 214 g/mol. The number of hydrogen-bond donors (Lipinski definition) is 1. The molecule has 1 atom stereocenters. The molecule has 1 unspecified atom stereocenters. The molecule has 2 aromatic rings. The highest BCUT2D eigenvalue weighted by molar-refractivity contribution is 5.11. The second-order valence-corrected chi connectivity index (χ2v) is 3.74. The first-order valence-corrected chi connectivity index (χ1v) is 5.31. The minimum absolute atomic E-state index is 0.404. The molecule has 0 saturated carbocycles. The second-order valence-electron chi connectivity index (χ2n) is 3.74. The van der Waals surface area contributed by atoms with Crippen LogP contribution in [-0.4, -0.2) is 21.2 Å². The molecule has 0 amide bonds. The molecule has 2 aromatic heterocycles. The summed E-state index contributed by atoms with van der Waals surface area (Å²) >= 11 is 0. The summed E-state index contributed by atoms with van der Waals surface area (Å²) in [5.41, 5.74) is 1.96. The van der Waals surface area contributed by atoms with E-state index in [9.17, 15) is 5.11 Å². The Hall–Kier alpha value is -1.74. The maximum atomic E-state index is 9.89. The Labute approximate surface area is 94.8 Å². The molecule has 82 valence electrons. The van der Waals surface area contributed by atoms with Crippen molar-refractivity contribution in [3.05, 3.63) is 60.2 Å². The minimum Gasteiger partial charge on any atom is -0.392 e. The summed E-state index contributed by atoms with van der Waals surface area (Å²) in [4.78, 5) is 8.20. The predicted octanol–water partition coefficient (Wildman–Crippen LogP) is 1.62. The quantitative estimate of drug-likeness (QED) is 0.841. The highest BCUT2D eigenvalue weighted by Gasteiger charge is 2.07. The topological polar surface area (TPSA) is 46.0 Å². The Morgan fingerprint density at radius 1 is 1.06 bits per heavy atom. The average Bonchev–Trinajstić information content (AvgIpc) is 2.31. The summed E-state index contributed by atoms with van der Waals surface area (Å²) in [5, 5.41) is 9.89. The second kappa shape index (κ2) is 5.37. The fourth-order valence-electron chi connectivity index (χ4n) is 1.62. The number of aliphatic hydroxyl groups excluding tert-OH is 1. The van der Waals surface area contributed by atoms with Crippen LogP contribution in [-0.2, 0) is 12.8 Å². The van der Waals surface area contributed by atoms with E-state index in [4.69, 9.17) is 0 Å². The van der Waals surface area contributed by atoms with E-state index in [0.29, 0.717) is 12.8 Å². The van der Waals surface area contributed by atoms with Crippen molar-refractivity contribution in [2.75, 3.05) is 0 Å². The van der Waals surface area contributed by atoms with Crippen LogP contribution in [0, 0.1) is 0 Å². The molecule has 16 heavy (non-hydrogen) atoms. The lowest BCUT2D eigenvalue weighted by Gasteiger charge is -2.09. The maximum Gasteiger partial charge on any atom is 0.0636 e. The maximum absolute atomic E-state index is 9.89. The molecular formula is C13H14N2O. The third-order valence-electron chi connectivity index (χ3n) is 2.37. The van der Waals surface area contributed by atoms with Gasteiger partial charge in [0.05, 0.1) is 6.10 Å². The largest absolute Gasteiger partial charge is 0.392 e. The van der Waals surface area contributed by atoms with Crippen LogP contribution < -0.4 is 0 Å². The molecule has 0 spiro atoms. The zero-order valence-corrected chi connectivity index (χ0v) is 8.95. The van der Waals surface area contributed by atoms with Crippen molar-refractivity contribution in [2.45, 2.75) is 18.9 Å². The zero-order valence-electron chi connectivity index (χ0n) is 8.95. The van der Waals surface area contributed by atoms with Gasteiger partial charge >= 0.3 is 0 Å². The Morgan fingerprint density at radius 2 is 2.00 bits per heavy atom. The molecule has 3 nitrogen and oxygen atoms in total. The van der Waals surface area contributed by atoms with Gasteiger partial charge < -0.3 is 5.11 Å². The van der Waals surface area contributed by atoms with Crippen LogP contribution in [0.4, 0.5) is 0 Å². The molecule has 0 aliphatic heterocycles. The molecule has 0 fully saturated rings. The Bertz CT molecular complexity index is 375. The van der Waals surface area contributed by atoms with Crippen LogP contribution >= 0.6 is 0 Å². The summed E-state index contributed by atoms with van der Waals surface area (Å²) in [6.07, 6.45) is 6.04. The Morgan fingerprint density at radius 3 is 2.69 bits per heavy atom. The zero-order chi connectivity index (χ0) is 11.2. The van der Waals surface area contributed by atoms with Gasteiger partial charge in [-0.2, -0.15) is 0 Å². The summed E-state index contributed by atoms with van der Waals surface area (Å²) in [6.45, 7) is 0. The van der Waals surface area contributed by atoms with E-state index in [1.807, 2.05) is 30.3 Å². The van der Waals surface area contributed by atoms with E-state index in [1.54, 1.807) is 18.6 Å². The van der Waals surface area contributed by atoms with Gasteiger partial charge in [0.2, 0.25) is 0 Å². The SMILES string of the molecule is OC(Cc1cccnc1)Cc1ccccn1. The third-order valence-corrected chi connectivity index (χ3v) is 2.37. The summed E-state index contributed by atoms with van der Waals surface area (Å²) in [5.74, 6) is 0. The van der Waals surface area contributed by atoms with E-state index in [0.717, 1.165) is 11.3 Å². The van der Waals surface area contributed by atoms with Gasteiger partial charge in [-0.05, 0) is 23.8 Å². The smallest absolute Gasteiger partial charge is 0.0636 e. The van der Waals surface area contributed by atoms with E-state index in [1.165, 1.54) is 0 Å². The van der Waals surface area contributed by atoms with E-state index in [2.05, 4.69) is 9.97 Å². The number of aromatic nitrogens is 2. The predicted molar refractivity (Wildman–Crippen MR) is 61.9 cm³/mol. The van der Waals surface area contributed by atoms with Crippen molar-refractivity contribution in [2.24, 2.45) is 0 Å². The van der Waals surface area contributed by atoms with Crippen molar-refractivity contribution < 1.29 is 5.11 Å². The Kier molecular flexibility index (Phi) is 3.62. The molecular weight excluding hydrogens is 200 g/mol. The van der Waals surface area contributed by atoms with Crippen LogP contribution in [0.2, 0.25) is 0 Å². The van der Waals surface area contributed by atoms with Gasteiger partial charge in [0.1, 0.15) is 0 Å². The molecule has 0 aliphatic carbocycles. The number of rotatable bonds is 4. The number of nitrogens with zero attached hydrogens (tertiary/aromatic N) is 2. The first-order valence-electron chi connectivity index (χ1n) is 5.31. The highest BCUT2D eigenvalue weighted by atomic mass is 16.3. The van der Waals surface area contributed by atoms with Crippen molar-refractivity contribution in [1.29, 1.82) is 0 Å². The monoisotopic (exact) mass is 214 g/mol. The first-order chi connectivity index (χ1) is 7.84. The van der Waals surface area contributed by atoms with E-state index >= 15 is 0 Å². The molecule has 2 heterocycles. The van der Waals surface area contributed by atoms with Crippen LogP contribution in [0.3, 0.4) is 0 Å². The Balaban J connectivity index is 1.92. The summed E-state index contributed by atoms with van der Waals surface area (Å²) in [6, 6.07) is 9.57. The fourth-order valence-corrected chi connectivity index (χ4v) is 1.62. The van der Waals surface area contributed by atoms with E-state index < -0.39 is 6.10 Å².